The molecule has 0 aliphatic heterocycles. The fourth-order valence-electron chi connectivity index (χ4n) is 2.43. The van der Waals surface area contributed by atoms with Gasteiger partial charge in [0.05, 0.1) is 13.2 Å². The molecule has 3 amide bonds. The van der Waals surface area contributed by atoms with E-state index >= 15 is 0 Å². The summed E-state index contributed by atoms with van der Waals surface area (Å²) in [6.07, 6.45) is 0.207. The van der Waals surface area contributed by atoms with E-state index in [9.17, 15) is 29.1 Å². The highest BCUT2D eigenvalue weighted by atomic mass is 16.5. The highest BCUT2D eigenvalue weighted by Crippen LogP contribution is 2.03. The summed E-state index contributed by atoms with van der Waals surface area (Å²) in [7, 11) is 0. The molecule has 0 bridgehead atoms. The summed E-state index contributed by atoms with van der Waals surface area (Å²) in [5, 5.41) is 42.6. The SMILES string of the molecule is CC(CO)COCCC(=O)NCCCCC(NC(=O)NC(CCC(=O)O)C(=O)O)C(=O)O. The van der Waals surface area contributed by atoms with Crippen LogP contribution in [-0.4, -0.2) is 88.7 Å². The molecule has 0 aromatic rings. The van der Waals surface area contributed by atoms with Crippen molar-refractivity contribution in [2.75, 3.05) is 26.4 Å². The number of carbonyl (C=O) groups excluding carboxylic acids is 2. The summed E-state index contributed by atoms with van der Waals surface area (Å²) in [5.74, 6) is -4.20. The van der Waals surface area contributed by atoms with Crippen LogP contribution in [0, 0.1) is 5.92 Å². The van der Waals surface area contributed by atoms with E-state index in [1.165, 1.54) is 0 Å². The van der Waals surface area contributed by atoms with Crippen molar-refractivity contribution < 1.29 is 49.1 Å². The van der Waals surface area contributed by atoms with E-state index in [1.807, 2.05) is 12.2 Å². The lowest BCUT2D eigenvalue weighted by Crippen LogP contribution is -2.51. The fourth-order valence-corrected chi connectivity index (χ4v) is 2.43. The van der Waals surface area contributed by atoms with E-state index in [4.69, 9.17) is 20.1 Å². The van der Waals surface area contributed by atoms with E-state index in [0.717, 1.165) is 0 Å². The second-order valence-corrected chi connectivity index (χ2v) is 7.29. The third-order valence-electron chi connectivity index (χ3n) is 4.28. The van der Waals surface area contributed by atoms with Crippen LogP contribution >= 0.6 is 0 Å². The van der Waals surface area contributed by atoms with Crippen molar-refractivity contribution in [3.63, 3.8) is 0 Å². The highest BCUT2D eigenvalue weighted by molar-refractivity contribution is 5.86. The number of aliphatic hydroxyl groups is 1. The molecular weight excluding hydrogens is 430 g/mol. The van der Waals surface area contributed by atoms with E-state index in [1.54, 1.807) is 0 Å². The molecule has 7 N–H and O–H groups in total. The topological polar surface area (TPSA) is 212 Å². The second kappa shape index (κ2) is 16.7. The molecule has 13 nitrogen and oxygen atoms in total. The van der Waals surface area contributed by atoms with Crippen molar-refractivity contribution in [1.82, 2.24) is 16.0 Å². The number of urea groups is 1. The molecule has 0 aromatic heterocycles. The van der Waals surface area contributed by atoms with Gasteiger partial charge in [-0.3, -0.25) is 9.59 Å². The van der Waals surface area contributed by atoms with Crippen molar-refractivity contribution >= 4 is 29.8 Å². The van der Waals surface area contributed by atoms with Gasteiger partial charge in [0, 0.05) is 31.9 Å². The molecule has 0 heterocycles. The average Bonchev–Trinajstić information content (AvgIpc) is 2.72. The molecule has 0 aliphatic rings. The van der Waals surface area contributed by atoms with Gasteiger partial charge >= 0.3 is 23.9 Å². The first-order chi connectivity index (χ1) is 15.1. The standard InChI is InChI=1S/C19H33N3O10/c1-12(10-23)11-32-9-7-15(24)20-8-3-2-4-13(17(27)28)21-19(31)22-14(18(29)30)5-6-16(25)26/h12-14,23H,2-11H2,1H3,(H,20,24)(H,25,26)(H,27,28)(H,29,30)(H2,21,22,31). The number of amides is 3. The van der Waals surface area contributed by atoms with Gasteiger partial charge < -0.3 is 41.1 Å². The minimum Gasteiger partial charge on any atom is -0.481 e. The van der Waals surface area contributed by atoms with Crippen molar-refractivity contribution in [3.05, 3.63) is 0 Å². The van der Waals surface area contributed by atoms with Crippen LogP contribution in [-0.2, 0) is 23.9 Å². The number of nitrogens with one attached hydrogen (secondary N) is 3. The number of rotatable bonds is 18. The monoisotopic (exact) mass is 463 g/mol. The summed E-state index contributed by atoms with van der Waals surface area (Å²) < 4.78 is 5.25. The molecule has 0 rings (SSSR count). The van der Waals surface area contributed by atoms with E-state index in [-0.39, 0.29) is 44.3 Å². The Morgan fingerprint density at radius 2 is 1.47 bits per heavy atom. The Bertz CT molecular complexity index is 628. The molecule has 0 saturated carbocycles. The maximum Gasteiger partial charge on any atom is 0.326 e. The summed E-state index contributed by atoms with van der Waals surface area (Å²) in [5.41, 5.74) is 0. The number of carboxylic acid groups (broad SMARTS) is 3. The van der Waals surface area contributed by atoms with Crippen molar-refractivity contribution in [2.24, 2.45) is 5.92 Å². The summed E-state index contributed by atoms with van der Waals surface area (Å²) in [4.78, 5) is 56.5. The first-order valence-corrected chi connectivity index (χ1v) is 10.3. The number of aliphatic carboxylic acids is 3. The van der Waals surface area contributed by atoms with Crippen molar-refractivity contribution in [1.29, 1.82) is 0 Å². The quantitative estimate of drug-likeness (QED) is 0.128. The molecule has 13 heteroatoms. The minimum absolute atomic E-state index is 0.00399. The van der Waals surface area contributed by atoms with Crippen molar-refractivity contribution in [2.45, 2.75) is 57.5 Å². The largest absolute Gasteiger partial charge is 0.481 e. The molecule has 0 radical (unpaired) electrons. The lowest BCUT2D eigenvalue weighted by atomic mass is 10.1. The molecule has 0 aliphatic carbocycles. The van der Waals surface area contributed by atoms with Gasteiger partial charge in [0.2, 0.25) is 5.91 Å². The van der Waals surface area contributed by atoms with Crippen LogP contribution in [0.15, 0.2) is 0 Å². The molecule has 0 fully saturated rings. The number of carbonyl (C=O) groups is 5. The Kier molecular flexibility index (Phi) is 15.2. The average molecular weight is 463 g/mol. The summed E-state index contributed by atoms with van der Waals surface area (Å²) in [6, 6.07) is -3.77. The fraction of sp³-hybridized carbons (Fsp3) is 0.737. The highest BCUT2D eigenvalue weighted by Gasteiger charge is 2.24. The van der Waals surface area contributed by atoms with Gasteiger partial charge in [-0.2, -0.15) is 0 Å². The van der Waals surface area contributed by atoms with Gasteiger partial charge in [-0.05, 0) is 25.7 Å². The predicted molar refractivity (Wildman–Crippen MR) is 110 cm³/mol. The van der Waals surface area contributed by atoms with Crippen LogP contribution < -0.4 is 16.0 Å². The van der Waals surface area contributed by atoms with Gasteiger partial charge in [0.1, 0.15) is 12.1 Å². The van der Waals surface area contributed by atoms with Crippen LogP contribution in [0.5, 0.6) is 0 Å². The van der Waals surface area contributed by atoms with Crippen LogP contribution in [0.3, 0.4) is 0 Å². The molecule has 3 unspecified atom stereocenters. The number of unbranched alkanes of at least 4 members (excludes halogenated alkanes) is 1. The maximum absolute atomic E-state index is 11.9. The maximum atomic E-state index is 11.9. The number of hydrogen-bond donors (Lipinski definition) is 7. The number of aliphatic hydroxyl groups excluding tert-OH is 1. The Morgan fingerprint density at radius 1 is 0.875 bits per heavy atom. The number of hydrogen-bond acceptors (Lipinski definition) is 7. The zero-order valence-electron chi connectivity index (χ0n) is 18.0. The van der Waals surface area contributed by atoms with E-state index in [2.05, 4.69) is 10.6 Å². The van der Waals surface area contributed by atoms with Crippen LogP contribution in [0.25, 0.3) is 0 Å². The Morgan fingerprint density at radius 3 is 2.00 bits per heavy atom. The number of ether oxygens (including phenoxy) is 1. The zero-order valence-corrected chi connectivity index (χ0v) is 18.0. The minimum atomic E-state index is -1.47. The third-order valence-corrected chi connectivity index (χ3v) is 4.28. The van der Waals surface area contributed by atoms with Crippen molar-refractivity contribution in [3.8, 4) is 0 Å². The zero-order chi connectivity index (χ0) is 24.5. The lowest BCUT2D eigenvalue weighted by molar-refractivity contribution is -0.140. The summed E-state index contributed by atoms with van der Waals surface area (Å²) in [6.45, 7) is 2.70. The molecular formula is C19H33N3O10. The molecule has 32 heavy (non-hydrogen) atoms. The van der Waals surface area contributed by atoms with Gasteiger partial charge in [-0.25, -0.2) is 14.4 Å². The lowest BCUT2D eigenvalue weighted by Gasteiger charge is -2.18. The molecule has 3 atom stereocenters. The van der Waals surface area contributed by atoms with Gasteiger partial charge in [0.15, 0.2) is 0 Å². The molecule has 184 valence electrons. The molecule has 0 aromatic carbocycles. The van der Waals surface area contributed by atoms with E-state index in [0.29, 0.717) is 26.0 Å². The predicted octanol–water partition coefficient (Wildman–Crippen LogP) is -0.622. The van der Waals surface area contributed by atoms with Gasteiger partial charge in [0.25, 0.3) is 0 Å². The molecule has 0 saturated heterocycles. The third kappa shape index (κ3) is 15.0. The molecule has 0 spiro atoms. The van der Waals surface area contributed by atoms with Gasteiger partial charge in [-0.15, -0.1) is 0 Å². The van der Waals surface area contributed by atoms with Crippen LogP contribution in [0.1, 0.15) is 45.4 Å². The Hall–Kier alpha value is -2.93. The number of carboxylic acids is 3. The van der Waals surface area contributed by atoms with Crippen LogP contribution in [0.2, 0.25) is 0 Å². The van der Waals surface area contributed by atoms with Crippen LogP contribution in [0.4, 0.5) is 4.79 Å². The summed E-state index contributed by atoms with van der Waals surface area (Å²) >= 11 is 0. The van der Waals surface area contributed by atoms with E-state index < -0.39 is 42.4 Å². The van der Waals surface area contributed by atoms with Gasteiger partial charge in [-0.1, -0.05) is 6.92 Å². The normalized spacial score (nSPS) is 13.4. The second-order valence-electron chi connectivity index (χ2n) is 7.29. The Balaban J connectivity index is 4.19. The first kappa shape index (κ1) is 29.1. The smallest absolute Gasteiger partial charge is 0.326 e. The first-order valence-electron chi connectivity index (χ1n) is 10.3. The Labute approximate surface area is 185 Å².